The molecule has 0 atom stereocenters. The van der Waals surface area contributed by atoms with Crippen LogP contribution in [0.15, 0.2) is 29.2 Å². The molecule has 0 bridgehead atoms. The molecule has 134 valence electrons. The van der Waals surface area contributed by atoms with Crippen LogP contribution < -0.4 is 5.32 Å². The van der Waals surface area contributed by atoms with E-state index >= 15 is 0 Å². The van der Waals surface area contributed by atoms with Crippen LogP contribution >= 0.6 is 23.1 Å². The van der Waals surface area contributed by atoms with Crippen molar-refractivity contribution in [1.29, 1.82) is 0 Å². The Morgan fingerprint density at radius 1 is 1.24 bits per heavy atom. The van der Waals surface area contributed by atoms with Crippen LogP contribution in [0.5, 0.6) is 0 Å². The first-order valence-electron chi connectivity index (χ1n) is 8.07. The van der Waals surface area contributed by atoms with Crippen molar-refractivity contribution in [3.63, 3.8) is 0 Å². The van der Waals surface area contributed by atoms with Gasteiger partial charge in [0.25, 0.3) is 5.91 Å². The molecule has 0 spiro atoms. The highest BCUT2D eigenvalue weighted by molar-refractivity contribution is 8.00. The van der Waals surface area contributed by atoms with Gasteiger partial charge < -0.3 is 4.90 Å². The van der Waals surface area contributed by atoms with Gasteiger partial charge in [-0.15, -0.1) is 22.0 Å². The highest BCUT2D eigenvalue weighted by atomic mass is 32.2. The Hall–Kier alpha value is -1.93. The molecule has 0 saturated carbocycles. The quantitative estimate of drug-likeness (QED) is 0.713. The summed E-state index contributed by atoms with van der Waals surface area (Å²) >= 11 is 2.76. The van der Waals surface area contributed by atoms with Crippen molar-refractivity contribution in [2.45, 2.75) is 31.1 Å². The fraction of sp³-hybridized carbons (Fsp3) is 0.412. The molecular weight excluding hydrogens is 356 g/mol. The molecule has 0 radical (unpaired) electrons. The number of carbonyl (C=O) groups is 2. The average molecular weight is 379 g/mol. The molecule has 6 nitrogen and oxygen atoms in total. The molecule has 25 heavy (non-hydrogen) atoms. The van der Waals surface area contributed by atoms with Crippen LogP contribution in [0.25, 0.3) is 0 Å². The van der Waals surface area contributed by atoms with Crippen LogP contribution in [-0.2, 0) is 11.2 Å². The number of carbonyl (C=O) groups excluding carboxylic acids is 2. The Morgan fingerprint density at radius 2 is 2.00 bits per heavy atom. The lowest BCUT2D eigenvalue weighted by atomic mass is 10.2. The smallest absolute Gasteiger partial charge is 0.258 e. The standard InChI is InChI=1S/C17H22N4O2S2/c1-4-5-10-14-19-20-17(25-14)18-16(23)12-8-6-7-9-13(12)24-11-15(22)21(2)3/h6-9H,4-5,10-11H2,1-3H3,(H,18,20,23). The molecule has 1 aromatic heterocycles. The Balaban J connectivity index is 2.03. The maximum atomic E-state index is 12.6. The topological polar surface area (TPSA) is 75.2 Å². The van der Waals surface area contributed by atoms with Crippen molar-refractivity contribution in [3.05, 3.63) is 34.8 Å². The predicted octanol–water partition coefficient (Wildman–Crippen LogP) is 3.31. The number of nitrogens with one attached hydrogen (secondary N) is 1. The van der Waals surface area contributed by atoms with Gasteiger partial charge in [-0.05, 0) is 18.6 Å². The Kier molecular flexibility index (Phi) is 7.39. The molecule has 2 rings (SSSR count). The van der Waals surface area contributed by atoms with E-state index in [4.69, 9.17) is 0 Å². The van der Waals surface area contributed by atoms with E-state index in [0.29, 0.717) is 10.7 Å². The first-order chi connectivity index (χ1) is 12.0. The van der Waals surface area contributed by atoms with Crippen molar-refractivity contribution >= 4 is 40.0 Å². The van der Waals surface area contributed by atoms with Gasteiger partial charge in [0.2, 0.25) is 11.0 Å². The van der Waals surface area contributed by atoms with Gasteiger partial charge in [0.05, 0.1) is 11.3 Å². The second kappa shape index (κ2) is 9.53. The van der Waals surface area contributed by atoms with Crippen molar-refractivity contribution < 1.29 is 9.59 Å². The number of amides is 2. The third-order valence-corrected chi connectivity index (χ3v) is 5.37. The molecule has 0 fully saturated rings. The molecule has 2 aromatic rings. The zero-order valence-electron chi connectivity index (χ0n) is 14.6. The van der Waals surface area contributed by atoms with Gasteiger partial charge in [0.1, 0.15) is 5.01 Å². The number of thioether (sulfide) groups is 1. The number of anilines is 1. The first kappa shape index (κ1) is 19.4. The third kappa shape index (κ3) is 5.82. The molecule has 0 aliphatic heterocycles. The summed E-state index contributed by atoms with van der Waals surface area (Å²) < 4.78 is 0. The van der Waals surface area contributed by atoms with Crippen molar-refractivity contribution in [3.8, 4) is 0 Å². The minimum Gasteiger partial charge on any atom is -0.348 e. The molecule has 1 heterocycles. The van der Waals surface area contributed by atoms with Crippen LogP contribution in [-0.4, -0.2) is 46.8 Å². The number of rotatable bonds is 8. The summed E-state index contributed by atoms with van der Waals surface area (Å²) in [4.78, 5) is 26.6. The fourth-order valence-electron chi connectivity index (χ4n) is 1.95. The minimum absolute atomic E-state index is 0.00454. The second-order valence-corrected chi connectivity index (χ2v) is 7.71. The predicted molar refractivity (Wildman–Crippen MR) is 102 cm³/mol. The van der Waals surface area contributed by atoms with E-state index in [-0.39, 0.29) is 17.6 Å². The van der Waals surface area contributed by atoms with Crippen molar-refractivity contribution in [1.82, 2.24) is 15.1 Å². The van der Waals surface area contributed by atoms with Gasteiger partial charge in [-0.1, -0.05) is 36.8 Å². The van der Waals surface area contributed by atoms with E-state index in [0.717, 1.165) is 29.2 Å². The second-order valence-electron chi connectivity index (χ2n) is 5.63. The van der Waals surface area contributed by atoms with Crippen molar-refractivity contribution in [2.24, 2.45) is 0 Å². The van der Waals surface area contributed by atoms with Gasteiger partial charge in [-0.3, -0.25) is 14.9 Å². The van der Waals surface area contributed by atoms with Crippen LogP contribution in [0.4, 0.5) is 5.13 Å². The zero-order chi connectivity index (χ0) is 18.2. The number of benzene rings is 1. The Morgan fingerprint density at radius 3 is 2.72 bits per heavy atom. The van der Waals surface area contributed by atoms with Gasteiger partial charge in [-0.25, -0.2) is 0 Å². The van der Waals surface area contributed by atoms with Crippen LogP contribution in [0.2, 0.25) is 0 Å². The molecule has 2 amide bonds. The van der Waals surface area contributed by atoms with Crippen molar-refractivity contribution in [2.75, 3.05) is 25.2 Å². The molecule has 0 aliphatic rings. The maximum absolute atomic E-state index is 12.6. The SMILES string of the molecule is CCCCc1nnc(NC(=O)c2ccccc2SCC(=O)N(C)C)s1. The molecule has 0 aliphatic carbocycles. The fourth-order valence-corrected chi connectivity index (χ4v) is 3.75. The first-order valence-corrected chi connectivity index (χ1v) is 9.87. The molecule has 0 unspecified atom stereocenters. The van der Waals surface area contributed by atoms with Crippen LogP contribution in [0.3, 0.4) is 0 Å². The van der Waals surface area contributed by atoms with E-state index in [9.17, 15) is 9.59 Å². The van der Waals surface area contributed by atoms with E-state index in [1.54, 1.807) is 26.2 Å². The summed E-state index contributed by atoms with van der Waals surface area (Å²) in [6.07, 6.45) is 3.03. The van der Waals surface area contributed by atoms with Gasteiger partial charge in [-0.2, -0.15) is 0 Å². The lowest BCUT2D eigenvalue weighted by Gasteiger charge is -2.11. The number of aromatic nitrogens is 2. The molecular formula is C17H22N4O2S2. The third-order valence-electron chi connectivity index (χ3n) is 3.41. The van der Waals surface area contributed by atoms with Gasteiger partial charge in [0.15, 0.2) is 0 Å². The zero-order valence-corrected chi connectivity index (χ0v) is 16.2. The summed E-state index contributed by atoms with van der Waals surface area (Å²) in [6.45, 7) is 2.12. The minimum atomic E-state index is -0.237. The molecule has 0 saturated heterocycles. The largest absolute Gasteiger partial charge is 0.348 e. The maximum Gasteiger partial charge on any atom is 0.258 e. The molecule has 1 aromatic carbocycles. The summed E-state index contributed by atoms with van der Waals surface area (Å²) in [5.41, 5.74) is 0.532. The summed E-state index contributed by atoms with van der Waals surface area (Å²) in [5, 5.41) is 12.4. The number of unbranched alkanes of at least 4 members (excludes halogenated alkanes) is 1. The Labute approximate surface area is 156 Å². The number of aryl methyl sites for hydroxylation is 1. The number of hydrogen-bond donors (Lipinski definition) is 1. The van der Waals surface area contributed by atoms with E-state index in [2.05, 4.69) is 22.4 Å². The van der Waals surface area contributed by atoms with E-state index in [1.165, 1.54) is 28.0 Å². The van der Waals surface area contributed by atoms with Crippen LogP contribution in [0, 0.1) is 0 Å². The molecule has 1 N–H and O–H groups in total. The number of nitrogens with zero attached hydrogens (tertiary/aromatic N) is 3. The van der Waals surface area contributed by atoms with Gasteiger partial charge >= 0.3 is 0 Å². The molecule has 8 heteroatoms. The lowest BCUT2D eigenvalue weighted by molar-refractivity contribution is -0.125. The number of hydrogen-bond acceptors (Lipinski definition) is 6. The van der Waals surface area contributed by atoms with Gasteiger partial charge in [0, 0.05) is 25.4 Å². The highest BCUT2D eigenvalue weighted by Gasteiger charge is 2.15. The van der Waals surface area contributed by atoms with E-state index < -0.39 is 0 Å². The van der Waals surface area contributed by atoms with E-state index in [1.807, 2.05) is 12.1 Å². The summed E-state index contributed by atoms with van der Waals surface area (Å²) in [7, 11) is 3.43. The summed E-state index contributed by atoms with van der Waals surface area (Å²) in [6, 6.07) is 7.25. The monoisotopic (exact) mass is 378 g/mol. The lowest BCUT2D eigenvalue weighted by Crippen LogP contribution is -2.23. The van der Waals surface area contributed by atoms with Crippen LogP contribution in [0.1, 0.15) is 35.1 Å². The summed E-state index contributed by atoms with van der Waals surface area (Å²) in [5.74, 6) is 0.0561. The normalized spacial score (nSPS) is 10.5. The average Bonchev–Trinajstić information content (AvgIpc) is 3.05. The highest BCUT2D eigenvalue weighted by Crippen LogP contribution is 2.25. The Bertz CT molecular complexity index is 731.